The summed E-state index contributed by atoms with van der Waals surface area (Å²) in [4.78, 5) is 6.97. The SMILES string of the molecule is CN(CCOCC1CC1)C(=NCC1CCOC1)NCCc1ccco1.I. The molecule has 1 N–H and O–H groups in total. The number of likely N-dealkylation sites (N-methyl/N-ethyl adjacent to an activating group) is 1. The second kappa shape index (κ2) is 11.8. The fraction of sp³-hybridized carbons (Fsp3) is 0.737. The molecule has 148 valence electrons. The van der Waals surface area contributed by atoms with E-state index in [1.807, 2.05) is 12.1 Å². The van der Waals surface area contributed by atoms with Gasteiger partial charge in [0, 0.05) is 52.2 Å². The molecule has 0 radical (unpaired) electrons. The lowest BCUT2D eigenvalue weighted by Crippen LogP contribution is -2.41. The number of nitrogens with zero attached hydrogens (tertiary/aromatic N) is 2. The minimum absolute atomic E-state index is 0. The molecule has 1 saturated carbocycles. The molecule has 0 amide bonds. The lowest BCUT2D eigenvalue weighted by atomic mass is 10.1. The van der Waals surface area contributed by atoms with Crippen LogP contribution in [0.2, 0.25) is 0 Å². The molecule has 1 saturated heterocycles. The Kier molecular flexibility index (Phi) is 9.77. The van der Waals surface area contributed by atoms with Gasteiger partial charge in [-0.2, -0.15) is 0 Å². The third kappa shape index (κ3) is 7.84. The van der Waals surface area contributed by atoms with Crippen LogP contribution in [0.1, 0.15) is 25.0 Å². The van der Waals surface area contributed by atoms with Crippen LogP contribution >= 0.6 is 24.0 Å². The average Bonchev–Trinajstić information content (AvgIpc) is 3.08. The van der Waals surface area contributed by atoms with Crippen molar-refractivity contribution in [1.29, 1.82) is 0 Å². The van der Waals surface area contributed by atoms with E-state index in [1.165, 1.54) is 12.8 Å². The van der Waals surface area contributed by atoms with E-state index >= 15 is 0 Å². The second-order valence-electron chi connectivity index (χ2n) is 7.09. The summed E-state index contributed by atoms with van der Waals surface area (Å²) in [5.74, 6) is 3.29. The quantitative estimate of drug-likeness (QED) is 0.243. The highest BCUT2D eigenvalue weighted by molar-refractivity contribution is 14.0. The summed E-state index contributed by atoms with van der Waals surface area (Å²) in [5.41, 5.74) is 0. The van der Waals surface area contributed by atoms with Crippen molar-refractivity contribution >= 4 is 29.9 Å². The van der Waals surface area contributed by atoms with Gasteiger partial charge in [-0.15, -0.1) is 24.0 Å². The van der Waals surface area contributed by atoms with Crippen molar-refractivity contribution in [3.63, 3.8) is 0 Å². The van der Waals surface area contributed by atoms with Crippen molar-refractivity contribution in [1.82, 2.24) is 10.2 Å². The molecule has 1 unspecified atom stereocenters. The van der Waals surface area contributed by atoms with Gasteiger partial charge in [-0.25, -0.2) is 0 Å². The molecule has 26 heavy (non-hydrogen) atoms. The minimum Gasteiger partial charge on any atom is -0.469 e. The van der Waals surface area contributed by atoms with Crippen LogP contribution in [0.4, 0.5) is 0 Å². The third-order valence-corrected chi connectivity index (χ3v) is 4.74. The van der Waals surface area contributed by atoms with E-state index in [-0.39, 0.29) is 24.0 Å². The first-order chi connectivity index (χ1) is 12.3. The number of nitrogens with one attached hydrogen (secondary N) is 1. The molecular weight excluding hydrogens is 445 g/mol. The van der Waals surface area contributed by atoms with Gasteiger partial charge < -0.3 is 24.1 Å². The maximum Gasteiger partial charge on any atom is 0.193 e. The van der Waals surface area contributed by atoms with Crippen LogP contribution in [0.3, 0.4) is 0 Å². The number of aliphatic imine (C=N–C) groups is 1. The molecule has 7 heteroatoms. The van der Waals surface area contributed by atoms with Crippen molar-refractivity contribution in [3.05, 3.63) is 24.2 Å². The normalized spacial score (nSPS) is 20.0. The number of ether oxygens (including phenoxy) is 2. The summed E-state index contributed by atoms with van der Waals surface area (Å²) in [5, 5.41) is 3.46. The molecular formula is C19H32IN3O3. The van der Waals surface area contributed by atoms with Crippen LogP contribution in [0.15, 0.2) is 27.8 Å². The molecule has 2 heterocycles. The van der Waals surface area contributed by atoms with Gasteiger partial charge in [-0.1, -0.05) is 0 Å². The highest BCUT2D eigenvalue weighted by atomic mass is 127. The van der Waals surface area contributed by atoms with E-state index in [0.29, 0.717) is 5.92 Å². The van der Waals surface area contributed by atoms with Crippen molar-refractivity contribution < 1.29 is 13.9 Å². The van der Waals surface area contributed by atoms with Gasteiger partial charge >= 0.3 is 0 Å². The number of guanidine groups is 1. The van der Waals surface area contributed by atoms with Crippen LogP contribution in [0.5, 0.6) is 0 Å². The molecule has 2 fully saturated rings. The van der Waals surface area contributed by atoms with Gasteiger partial charge in [0.1, 0.15) is 5.76 Å². The van der Waals surface area contributed by atoms with Crippen LogP contribution in [0, 0.1) is 11.8 Å². The number of furan rings is 1. The largest absolute Gasteiger partial charge is 0.469 e. The number of hydrogen-bond acceptors (Lipinski definition) is 4. The van der Waals surface area contributed by atoms with E-state index in [2.05, 4.69) is 17.3 Å². The van der Waals surface area contributed by atoms with E-state index < -0.39 is 0 Å². The first-order valence-electron chi connectivity index (χ1n) is 9.48. The highest BCUT2D eigenvalue weighted by Crippen LogP contribution is 2.28. The van der Waals surface area contributed by atoms with Crippen molar-refractivity contribution in [2.24, 2.45) is 16.8 Å². The van der Waals surface area contributed by atoms with Crippen LogP contribution in [0.25, 0.3) is 0 Å². The van der Waals surface area contributed by atoms with Gasteiger partial charge in [0.2, 0.25) is 0 Å². The molecule has 0 bridgehead atoms. The zero-order valence-electron chi connectivity index (χ0n) is 15.7. The molecule has 0 aromatic carbocycles. The van der Waals surface area contributed by atoms with Gasteiger partial charge in [-0.05, 0) is 37.3 Å². The molecule has 1 aliphatic heterocycles. The summed E-state index contributed by atoms with van der Waals surface area (Å²) in [6.07, 6.45) is 6.34. The molecule has 1 aromatic rings. The summed E-state index contributed by atoms with van der Waals surface area (Å²) in [7, 11) is 2.07. The second-order valence-corrected chi connectivity index (χ2v) is 7.09. The predicted molar refractivity (Wildman–Crippen MR) is 113 cm³/mol. The van der Waals surface area contributed by atoms with E-state index in [0.717, 1.165) is 76.5 Å². The highest BCUT2D eigenvalue weighted by Gasteiger charge is 2.21. The Morgan fingerprint density at radius 2 is 2.23 bits per heavy atom. The molecule has 2 aliphatic rings. The maximum absolute atomic E-state index is 5.76. The summed E-state index contributed by atoms with van der Waals surface area (Å²) < 4.78 is 16.6. The Balaban J connectivity index is 0.00000243. The zero-order chi connectivity index (χ0) is 17.3. The zero-order valence-corrected chi connectivity index (χ0v) is 18.0. The number of hydrogen-bond donors (Lipinski definition) is 1. The Labute approximate surface area is 173 Å². The van der Waals surface area contributed by atoms with Crippen molar-refractivity contribution in [2.45, 2.75) is 25.7 Å². The van der Waals surface area contributed by atoms with E-state index in [9.17, 15) is 0 Å². The fourth-order valence-electron chi connectivity index (χ4n) is 2.85. The van der Waals surface area contributed by atoms with Gasteiger partial charge in [0.15, 0.2) is 5.96 Å². The smallest absolute Gasteiger partial charge is 0.193 e. The Morgan fingerprint density at radius 3 is 2.92 bits per heavy atom. The van der Waals surface area contributed by atoms with Crippen LogP contribution < -0.4 is 5.32 Å². The standard InChI is InChI=1S/C19H31N3O3.HI/c1-22(9-12-24-14-16-4-5-16)19(21-13-17-7-11-23-15-17)20-8-6-18-3-2-10-25-18;/h2-3,10,16-17H,4-9,11-15H2,1H3,(H,20,21);1H. The van der Waals surface area contributed by atoms with Gasteiger partial charge in [0.25, 0.3) is 0 Å². The lowest BCUT2D eigenvalue weighted by Gasteiger charge is -2.23. The molecule has 0 spiro atoms. The molecule has 1 atom stereocenters. The lowest BCUT2D eigenvalue weighted by molar-refractivity contribution is 0.115. The summed E-state index contributed by atoms with van der Waals surface area (Å²) in [6.45, 7) is 5.82. The van der Waals surface area contributed by atoms with Crippen molar-refractivity contribution in [2.75, 3.05) is 53.1 Å². The number of halogens is 1. The minimum atomic E-state index is 0. The van der Waals surface area contributed by atoms with Gasteiger partial charge in [-0.3, -0.25) is 4.99 Å². The Bertz CT molecular complexity index is 514. The topological polar surface area (TPSA) is 59.2 Å². The van der Waals surface area contributed by atoms with E-state index in [1.54, 1.807) is 6.26 Å². The first kappa shape index (κ1) is 21.5. The summed E-state index contributed by atoms with van der Waals surface area (Å²) >= 11 is 0. The van der Waals surface area contributed by atoms with Crippen molar-refractivity contribution in [3.8, 4) is 0 Å². The predicted octanol–water partition coefficient (Wildman–Crippen LogP) is 2.78. The fourth-order valence-corrected chi connectivity index (χ4v) is 2.85. The molecule has 1 aromatic heterocycles. The third-order valence-electron chi connectivity index (χ3n) is 4.74. The van der Waals surface area contributed by atoms with E-state index in [4.69, 9.17) is 18.9 Å². The van der Waals surface area contributed by atoms with Crippen LogP contribution in [-0.4, -0.2) is 64.0 Å². The first-order valence-corrected chi connectivity index (χ1v) is 9.48. The Hall–Kier alpha value is -0.800. The monoisotopic (exact) mass is 477 g/mol. The molecule has 6 nitrogen and oxygen atoms in total. The summed E-state index contributed by atoms with van der Waals surface area (Å²) in [6, 6.07) is 3.93. The van der Waals surface area contributed by atoms with Crippen LogP contribution in [-0.2, 0) is 15.9 Å². The van der Waals surface area contributed by atoms with Gasteiger partial charge in [0.05, 0.1) is 19.5 Å². The molecule has 1 aliphatic carbocycles. The average molecular weight is 477 g/mol. The molecule has 3 rings (SSSR count). The number of rotatable bonds is 10. The maximum atomic E-state index is 5.76. The Morgan fingerprint density at radius 1 is 1.35 bits per heavy atom.